The van der Waals surface area contributed by atoms with Gasteiger partial charge in [0.05, 0.1) is 0 Å². The number of rotatable bonds is 5. The summed E-state index contributed by atoms with van der Waals surface area (Å²) in [4.78, 5) is 2.50. The number of nitrogens with zero attached hydrogens (tertiary/aromatic N) is 3. The molecule has 0 bridgehead atoms. The molecule has 2 aromatic rings. The third-order valence-corrected chi connectivity index (χ3v) is 4.20. The maximum atomic E-state index is 6.01. The first-order valence-electron chi connectivity index (χ1n) is 7.88. The summed E-state index contributed by atoms with van der Waals surface area (Å²) in [6.45, 7) is 4.33. The molecular formula is C17H21ClN4. The molecule has 0 spiro atoms. The van der Waals surface area contributed by atoms with E-state index < -0.39 is 0 Å². The summed E-state index contributed by atoms with van der Waals surface area (Å²) in [5.41, 5.74) is 2.10. The van der Waals surface area contributed by atoms with Crippen LogP contribution >= 0.6 is 11.6 Å². The molecule has 4 nitrogen and oxygen atoms in total. The van der Waals surface area contributed by atoms with Gasteiger partial charge in [-0.3, -0.25) is 0 Å². The standard InChI is InChI=1S/C17H21ClN4/c18-16-13-15(14-7-3-1-4-8-14)17(21-20-16)19-9-12-22-10-5-2-6-11-22/h1,3-4,7-8,13H,2,5-6,9-12H2,(H,19,21). The Hall–Kier alpha value is -1.65. The van der Waals surface area contributed by atoms with E-state index in [0.717, 1.165) is 30.0 Å². The molecule has 1 N–H and O–H groups in total. The molecule has 1 aromatic heterocycles. The minimum absolute atomic E-state index is 0.417. The molecule has 0 unspecified atom stereocenters. The van der Waals surface area contributed by atoms with Crippen LogP contribution in [0.4, 0.5) is 5.82 Å². The Morgan fingerprint density at radius 2 is 1.82 bits per heavy atom. The Labute approximate surface area is 136 Å². The predicted octanol–water partition coefficient (Wildman–Crippen LogP) is 3.69. The molecule has 5 heteroatoms. The summed E-state index contributed by atoms with van der Waals surface area (Å²) in [6, 6.07) is 12.0. The topological polar surface area (TPSA) is 41.0 Å². The number of nitrogens with one attached hydrogen (secondary N) is 1. The second-order valence-electron chi connectivity index (χ2n) is 5.62. The van der Waals surface area contributed by atoms with Crippen molar-refractivity contribution < 1.29 is 0 Å². The molecule has 0 aliphatic carbocycles. The highest BCUT2D eigenvalue weighted by atomic mass is 35.5. The third-order valence-electron chi connectivity index (χ3n) is 4.02. The van der Waals surface area contributed by atoms with E-state index in [9.17, 15) is 0 Å². The fourth-order valence-corrected chi connectivity index (χ4v) is 3.00. The second-order valence-corrected chi connectivity index (χ2v) is 6.01. The number of benzene rings is 1. The van der Waals surface area contributed by atoms with Crippen LogP contribution in [0.15, 0.2) is 36.4 Å². The van der Waals surface area contributed by atoms with Crippen LogP contribution in [0.1, 0.15) is 19.3 Å². The van der Waals surface area contributed by atoms with Crippen LogP contribution in [0.3, 0.4) is 0 Å². The molecule has 3 rings (SSSR count). The molecule has 0 saturated carbocycles. The Morgan fingerprint density at radius 3 is 2.59 bits per heavy atom. The fraction of sp³-hybridized carbons (Fsp3) is 0.412. The van der Waals surface area contributed by atoms with Crippen LogP contribution in [0.25, 0.3) is 11.1 Å². The van der Waals surface area contributed by atoms with Crippen molar-refractivity contribution in [3.05, 3.63) is 41.6 Å². The second kappa shape index (κ2) is 7.56. The Morgan fingerprint density at radius 1 is 1.05 bits per heavy atom. The molecule has 1 fully saturated rings. The van der Waals surface area contributed by atoms with Gasteiger partial charge in [0.15, 0.2) is 11.0 Å². The van der Waals surface area contributed by atoms with Crippen molar-refractivity contribution in [1.29, 1.82) is 0 Å². The van der Waals surface area contributed by atoms with Crippen LogP contribution in [0.2, 0.25) is 5.15 Å². The lowest BCUT2D eigenvalue weighted by atomic mass is 10.1. The molecule has 22 heavy (non-hydrogen) atoms. The van der Waals surface area contributed by atoms with Crippen molar-refractivity contribution in [3.8, 4) is 11.1 Å². The lowest BCUT2D eigenvalue weighted by Gasteiger charge is -2.26. The highest BCUT2D eigenvalue weighted by Crippen LogP contribution is 2.27. The first-order valence-corrected chi connectivity index (χ1v) is 8.25. The van der Waals surface area contributed by atoms with Gasteiger partial charge in [-0.1, -0.05) is 48.4 Å². The highest BCUT2D eigenvalue weighted by Gasteiger charge is 2.11. The molecule has 1 aliphatic rings. The van der Waals surface area contributed by atoms with E-state index in [1.807, 2.05) is 24.3 Å². The zero-order valence-corrected chi connectivity index (χ0v) is 13.4. The number of halogens is 1. The molecule has 116 valence electrons. The third kappa shape index (κ3) is 3.96. The van der Waals surface area contributed by atoms with Gasteiger partial charge in [-0.05, 0) is 37.6 Å². The van der Waals surface area contributed by atoms with Crippen molar-refractivity contribution in [1.82, 2.24) is 15.1 Å². The van der Waals surface area contributed by atoms with Gasteiger partial charge in [-0.25, -0.2) is 0 Å². The number of anilines is 1. The van der Waals surface area contributed by atoms with E-state index in [1.54, 1.807) is 0 Å². The average Bonchev–Trinajstić information content (AvgIpc) is 2.58. The van der Waals surface area contributed by atoms with Crippen LogP contribution in [-0.4, -0.2) is 41.3 Å². The largest absolute Gasteiger partial charge is 0.367 e. The lowest BCUT2D eigenvalue weighted by molar-refractivity contribution is 0.237. The number of piperidine rings is 1. The Kier molecular flexibility index (Phi) is 5.24. The number of aromatic nitrogens is 2. The molecule has 0 radical (unpaired) electrons. The van der Waals surface area contributed by atoms with Gasteiger partial charge in [-0.15, -0.1) is 10.2 Å². The van der Waals surface area contributed by atoms with E-state index in [-0.39, 0.29) is 0 Å². The number of hydrogen-bond donors (Lipinski definition) is 1. The maximum Gasteiger partial charge on any atom is 0.156 e. The average molecular weight is 317 g/mol. The summed E-state index contributed by atoms with van der Waals surface area (Å²) >= 11 is 6.01. The van der Waals surface area contributed by atoms with Crippen LogP contribution < -0.4 is 5.32 Å². The number of likely N-dealkylation sites (tertiary alicyclic amines) is 1. The van der Waals surface area contributed by atoms with Crippen molar-refractivity contribution in [2.45, 2.75) is 19.3 Å². The van der Waals surface area contributed by atoms with Gasteiger partial charge in [-0.2, -0.15) is 0 Å². The van der Waals surface area contributed by atoms with Crippen molar-refractivity contribution >= 4 is 17.4 Å². The normalized spacial score (nSPS) is 15.7. The Balaban J connectivity index is 1.68. The molecule has 1 aliphatic heterocycles. The first kappa shape index (κ1) is 15.3. The monoisotopic (exact) mass is 316 g/mol. The highest BCUT2D eigenvalue weighted by molar-refractivity contribution is 6.29. The van der Waals surface area contributed by atoms with Crippen LogP contribution in [-0.2, 0) is 0 Å². The quantitative estimate of drug-likeness (QED) is 0.913. The molecular weight excluding hydrogens is 296 g/mol. The smallest absolute Gasteiger partial charge is 0.156 e. The minimum Gasteiger partial charge on any atom is -0.367 e. The van der Waals surface area contributed by atoms with E-state index in [4.69, 9.17) is 11.6 Å². The van der Waals surface area contributed by atoms with Crippen molar-refractivity contribution in [2.24, 2.45) is 0 Å². The van der Waals surface area contributed by atoms with E-state index in [0.29, 0.717) is 5.15 Å². The van der Waals surface area contributed by atoms with Crippen molar-refractivity contribution in [3.63, 3.8) is 0 Å². The minimum atomic E-state index is 0.417. The van der Waals surface area contributed by atoms with Crippen LogP contribution in [0.5, 0.6) is 0 Å². The summed E-state index contributed by atoms with van der Waals surface area (Å²) in [6.07, 6.45) is 4.00. The van der Waals surface area contributed by atoms with E-state index in [1.165, 1.54) is 32.4 Å². The van der Waals surface area contributed by atoms with Crippen molar-refractivity contribution in [2.75, 3.05) is 31.5 Å². The zero-order valence-electron chi connectivity index (χ0n) is 12.6. The molecule has 0 atom stereocenters. The summed E-state index contributed by atoms with van der Waals surface area (Å²) in [7, 11) is 0. The summed E-state index contributed by atoms with van der Waals surface area (Å²) in [5.74, 6) is 0.799. The SMILES string of the molecule is Clc1cc(-c2ccccc2)c(NCCN2CCCCC2)nn1. The predicted molar refractivity (Wildman–Crippen MR) is 91.3 cm³/mol. The zero-order chi connectivity index (χ0) is 15.2. The summed E-state index contributed by atoms with van der Waals surface area (Å²) in [5, 5.41) is 12.0. The molecule has 1 aromatic carbocycles. The lowest BCUT2D eigenvalue weighted by Crippen LogP contribution is -2.33. The number of hydrogen-bond acceptors (Lipinski definition) is 4. The van der Waals surface area contributed by atoms with Gasteiger partial charge in [0.2, 0.25) is 0 Å². The van der Waals surface area contributed by atoms with E-state index in [2.05, 4.69) is 32.5 Å². The molecule has 0 amide bonds. The van der Waals surface area contributed by atoms with Gasteiger partial charge < -0.3 is 10.2 Å². The molecule has 2 heterocycles. The van der Waals surface area contributed by atoms with Crippen LogP contribution in [0, 0.1) is 0 Å². The van der Waals surface area contributed by atoms with E-state index >= 15 is 0 Å². The van der Waals surface area contributed by atoms with Gasteiger partial charge in [0, 0.05) is 18.7 Å². The maximum absolute atomic E-state index is 6.01. The molecule has 1 saturated heterocycles. The Bertz CT molecular complexity index is 597. The van der Waals surface area contributed by atoms with Gasteiger partial charge >= 0.3 is 0 Å². The fourth-order valence-electron chi connectivity index (χ4n) is 2.85. The van der Waals surface area contributed by atoms with Gasteiger partial charge in [0.25, 0.3) is 0 Å². The van der Waals surface area contributed by atoms with Gasteiger partial charge in [0.1, 0.15) is 0 Å². The first-order chi connectivity index (χ1) is 10.8. The summed E-state index contributed by atoms with van der Waals surface area (Å²) < 4.78 is 0.